The van der Waals surface area contributed by atoms with Crippen molar-refractivity contribution in [2.24, 2.45) is 0 Å². The molecule has 0 saturated heterocycles. The highest BCUT2D eigenvalue weighted by Gasteiger charge is 2.18. The molecule has 0 aliphatic rings. The zero-order valence-corrected chi connectivity index (χ0v) is 11.2. The Labute approximate surface area is 98.0 Å². The van der Waals surface area contributed by atoms with Crippen LogP contribution < -0.4 is 14.8 Å². The second-order valence-electron chi connectivity index (χ2n) is 4.80. The third-order valence-corrected chi connectivity index (χ3v) is 2.94. The topological polar surface area (TPSA) is 90.5 Å². The van der Waals surface area contributed by atoms with Crippen LogP contribution in [0.15, 0.2) is 0 Å². The standard InChI is InChI=1S/C9H23N3O3S/c1-8(13)7-10-5-6-11-16(14,15)12-9(2,3)4/h8,10-13H,5-7H2,1-4H3. The number of aliphatic hydroxyl groups is 1. The van der Waals surface area contributed by atoms with Crippen molar-refractivity contribution in [1.29, 1.82) is 0 Å². The predicted molar refractivity (Wildman–Crippen MR) is 64.4 cm³/mol. The lowest BCUT2D eigenvalue weighted by atomic mass is 10.1. The van der Waals surface area contributed by atoms with Gasteiger partial charge in [-0.05, 0) is 27.7 Å². The van der Waals surface area contributed by atoms with Crippen LogP contribution in [0.5, 0.6) is 0 Å². The third-order valence-electron chi connectivity index (χ3n) is 1.47. The molecule has 0 heterocycles. The van der Waals surface area contributed by atoms with Gasteiger partial charge in [-0.25, -0.2) is 4.72 Å². The Balaban J connectivity index is 3.76. The average Bonchev–Trinajstić information content (AvgIpc) is 1.97. The molecular formula is C9H23N3O3S. The first-order valence-electron chi connectivity index (χ1n) is 5.30. The fourth-order valence-electron chi connectivity index (χ4n) is 1.02. The highest BCUT2D eigenvalue weighted by atomic mass is 32.2. The maximum atomic E-state index is 11.4. The van der Waals surface area contributed by atoms with E-state index in [1.165, 1.54) is 0 Å². The molecule has 0 saturated carbocycles. The minimum absolute atomic E-state index is 0.290. The first-order valence-corrected chi connectivity index (χ1v) is 6.78. The number of aliphatic hydroxyl groups excluding tert-OH is 1. The normalized spacial score (nSPS) is 15.1. The Morgan fingerprint density at radius 2 is 1.81 bits per heavy atom. The Kier molecular flexibility index (Phi) is 6.42. The lowest BCUT2D eigenvalue weighted by molar-refractivity contribution is 0.192. The fraction of sp³-hybridized carbons (Fsp3) is 1.00. The van der Waals surface area contributed by atoms with E-state index in [2.05, 4.69) is 14.8 Å². The molecule has 0 aromatic heterocycles. The molecule has 0 aliphatic carbocycles. The van der Waals surface area contributed by atoms with Gasteiger partial charge in [0.25, 0.3) is 10.2 Å². The highest BCUT2D eigenvalue weighted by Crippen LogP contribution is 1.99. The van der Waals surface area contributed by atoms with Gasteiger partial charge in [-0.3, -0.25) is 0 Å². The molecule has 1 unspecified atom stereocenters. The van der Waals surface area contributed by atoms with E-state index in [-0.39, 0.29) is 6.54 Å². The summed E-state index contributed by atoms with van der Waals surface area (Å²) in [5.41, 5.74) is -0.487. The van der Waals surface area contributed by atoms with Crippen LogP contribution in [0.2, 0.25) is 0 Å². The molecule has 0 fully saturated rings. The second-order valence-corrected chi connectivity index (χ2v) is 6.30. The van der Waals surface area contributed by atoms with Crippen LogP contribution in [-0.4, -0.2) is 44.8 Å². The molecular weight excluding hydrogens is 230 g/mol. The van der Waals surface area contributed by atoms with E-state index in [1.807, 2.05) is 0 Å². The van der Waals surface area contributed by atoms with Crippen molar-refractivity contribution in [3.63, 3.8) is 0 Å². The highest BCUT2D eigenvalue weighted by molar-refractivity contribution is 7.87. The molecule has 7 heteroatoms. The maximum Gasteiger partial charge on any atom is 0.277 e. The van der Waals surface area contributed by atoms with Gasteiger partial charge in [0.05, 0.1) is 6.10 Å². The van der Waals surface area contributed by atoms with Gasteiger partial charge in [0.2, 0.25) is 0 Å². The molecule has 0 radical (unpaired) electrons. The van der Waals surface area contributed by atoms with E-state index >= 15 is 0 Å². The summed E-state index contributed by atoms with van der Waals surface area (Å²) >= 11 is 0. The molecule has 0 amide bonds. The lowest BCUT2D eigenvalue weighted by Crippen LogP contribution is -2.48. The molecule has 0 aromatic carbocycles. The number of nitrogens with one attached hydrogen (secondary N) is 3. The third kappa shape index (κ3) is 10.3. The van der Waals surface area contributed by atoms with Crippen molar-refractivity contribution >= 4 is 10.2 Å². The summed E-state index contributed by atoms with van der Waals surface area (Å²) in [7, 11) is -3.44. The zero-order chi connectivity index (χ0) is 12.8. The van der Waals surface area contributed by atoms with E-state index < -0.39 is 21.9 Å². The Morgan fingerprint density at radius 1 is 1.25 bits per heavy atom. The first-order chi connectivity index (χ1) is 7.12. The van der Waals surface area contributed by atoms with Crippen molar-refractivity contribution in [3.8, 4) is 0 Å². The van der Waals surface area contributed by atoms with Crippen molar-refractivity contribution in [2.45, 2.75) is 39.3 Å². The fourth-order valence-corrected chi connectivity index (χ4v) is 2.27. The van der Waals surface area contributed by atoms with Gasteiger partial charge in [-0.1, -0.05) is 0 Å². The molecule has 6 nitrogen and oxygen atoms in total. The van der Waals surface area contributed by atoms with Crippen LogP contribution in [0.3, 0.4) is 0 Å². The molecule has 4 N–H and O–H groups in total. The number of hydrogen-bond acceptors (Lipinski definition) is 4. The summed E-state index contributed by atoms with van der Waals surface area (Å²) in [5, 5.41) is 11.9. The van der Waals surface area contributed by atoms with Crippen molar-refractivity contribution in [3.05, 3.63) is 0 Å². The van der Waals surface area contributed by atoms with E-state index in [4.69, 9.17) is 5.11 Å². The average molecular weight is 253 g/mol. The van der Waals surface area contributed by atoms with E-state index in [1.54, 1.807) is 27.7 Å². The first kappa shape index (κ1) is 15.8. The molecule has 16 heavy (non-hydrogen) atoms. The molecule has 98 valence electrons. The van der Waals surface area contributed by atoms with Crippen molar-refractivity contribution in [1.82, 2.24) is 14.8 Å². The summed E-state index contributed by atoms with van der Waals surface area (Å²) < 4.78 is 27.8. The van der Waals surface area contributed by atoms with Crippen LogP contribution >= 0.6 is 0 Å². The van der Waals surface area contributed by atoms with Crippen LogP contribution in [-0.2, 0) is 10.2 Å². The maximum absolute atomic E-state index is 11.4. The van der Waals surface area contributed by atoms with E-state index in [9.17, 15) is 8.42 Å². The molecule has 0 aliphatic heterocycles. The largest absolute Gasteiger partial charge is 0.392 e. The zero-order valence-electron chi connectivity index (χ0n) is 10.4. The predicted octanol–water partition coefficient (Wildman–Crippen LogP) is -0.821. The van der Waals surface area contributed by atoms with Crippen LogP contribution in [0.4, 0.5) is 0 Å². The summed E-state index contributed by atoms with van der Waals surface area (Å²) in [6.07, 6.45) is -0.427. The molecule has 0 rings (SSSR count). The van der Waals surface area contributed by atoms with Gasteiger partial charge in [0.1, 0.15) is 0 Å². The SMILES string of the molecule is CC(O)CNCCNS(=O)(=O)NC(C)(C)C. The monoisotopic (exact) mass is 253 g/mol. The van der Waals surface area contributed by atoms with Gasteiger partial charge in [0.15, 0.2) is 0 Å². The second kappa shape index (κ2) is 6.51. The molecule has 0 aromatic rings. The summed E-state index contributed by atoms with van der Waals surface area (Å²) in [5.74, 6) is 0. The van der Waals surface area contributed by atoms with E-state index in [0.29, 0.717) is 13.1 Å². The summed E-state index contributed by atoms with van der Waals surface area (Å²) in [6.45, 7) is 8.22. The summed E-state index contributed by atoms with van der Waals surface area (Å²) in [4.78, 5) is 0. The quantitative estimate of drug-likeness (QED) is 0.446. The number of rotatable bonds is 7. The Morgan fingerprint density at radius 3 is 2.25 bits per heavy atom. The van der Waals surface area contributed by atoms with Gasteiger partial charge in [0, 0.05) is 25.2 Å². The lowest BCUT2D eigenvalue weighted by Gasteiger charge is -2.20. The minimum atomic E-state index is -3.44. The Bertz CT molecular complexity index is 283. The van der Waals surface area contributed by atoms with Crippen LogP contribution in [0.25, 0.3) is 0 Å². The van der Waals surface area contributed by atoms with Crippen LogP contribution in [0, 0.1) is 0 Å². The number of hydrogen-bond donors (Lipinski definition) is 4. The van der Waals surface area contributed by atoms with Gasteiger partial charge in [-0.15, -0.1) is 0 Å². The Hall–Kier alpha value is -0.210. The van der Waals surface area contributed by atoms with Crippen molar-refractivity contribution in [2.75, 3.05) is 19.6 Å². The summed E-state index contributed by atoms with van der Waals surface area (Å²) in [6, 6.07) is 0. The van der Waals surface area contributed by atoms with Crippen molar-refractivity contribution < 1.29 is 13.5 Å². The van der Waals surface area contributed by atoms with E-state index in [0.717, 1.165) is 0 Å². The smallest absolute Gasteiger partial charge is 0.277 e. The molecule has 1 atom stereocenters. The minimum Gasteiger partial charge on any atom is -0.392 e. The van der Waals surface area contributed by atoms with Gasteiger partial charge in [-0.2, -0.15) is 13.1 Å². The van der Waals surface area contributed by atoms with Crippen LogP contribution in [0.1, 0.15) is 27.7 Å². The van der Waals surface area contributed by atoms with Gasteiger partial charge < -0.3 is 10.4 Å². The van der Waals surface area contributed by atoms with Gasteiger partial charge >= 0.3 is 0 Å². The molecule has 0 spiro atoms. The molecule has 0 bridgehead atoms.